The Morgan fingerprint density at radius 3 is 1.97 bits per heavy atom. The molecule has 4 atom stereocenters. The predicted molar refractivity (Wildman–Crippen MR) is 158 cm³/mol. The zero-order valence-electron chi connectivity index (χ0n) is 24.8. The zero-order chi connectivity index (χ0) is 27.6. The van der Waals surface area contributed by atoms with E-state index in [-0.39, 0.29) is 35.8 Å². The van der Waals surface area contributed by atoms with Crippen LogP contribution in [0.5, 0.6) is 0 Å². The molecule has 2 aliphatic heterocycles. The summed E-state index contributed by atoms with van der Waals surface area (Å²) in [5.41, 5.74) is 5.71. The van der Waals surface area contributed by atoms with Gasteiger partial charge in [0.15, 0.2) is 5.96 Å². The number of guanidine groups is 1. The van der Waals surface area contributed by atoms with Gasteiger partial charge in [-0.3, -0.25) is 15.0 Å². The molecule has 2 aliphatic carbocycles. The Labute approximate surface area is 237 Å². The second kappa shape index (κ2) is 15.3. The predicted octanol–water partition coefficient (Wildman–Crippen LogP) is 5.81. The zero-order valence-corrected chi connectivity index (χ0v) is 24.8. The lowest BCUT2D eigenvalue weighted by molar-refractivity contribution is -0.143. The van der Waals surface area contributed by atoms with E-state index >= 15 is 0 Å². The Morgan fingerprint density at radius 1 is 0.744 bits per heavy atom. The van der Waals surface area contributed by atoms with Crippen molar-refractivity contribution in [2.45, 2.75) is 141 Å². The minimum absolute atomic E-state index is 0.0651. The van der Waals surface area contributed by atoms with E-state index in [1.165, 1.54) is 89.9 Å². The minimum atomic E-state index is -0.324. The second-order valence-corrected chi connectivity index (χ2v) is 13.5. The van der Waals surface area contributed by atoms with E-state index in [4.69, 9.17) is 11.1 Å². The molecule has 0 aromatic rings. The molecule has 0 radical (unpaired) electrons. The smallest absolute Gasteiger partial charge is 0.243 e. The van der Waals surface area contributed by atoms with E-state index in [0.717, 1.165) is 44.6 Å². The van der Waals surface area contributed by atoms with Crippen molar-refractivity contribution in [1.29, 1.82) is 5.41 Å². The molecule has 2 heterocycles. The van der Waals surface area contributed by atoms with Crippen LogP contribution in [-0.4, -0.2) is 59.3 Å². The van der Waals surface area contributed by atoms with Gasteiger partial charge in [-0.05, 0) is 49.9 Å². The molecule has 0 bridgehead atoms. The van der Waals surface area contributed by atoms with E-state index in [0.29, 0.717) is 24.9 Å². The van der Waals surface area contributed by atoms with Crippen molar-refractivity contribution >= 4 is 17.8 Å². The maximum Gasteiger partial charge on any atom is 0.243 e. The molecule has 7 nitrogen and oxygen atoms in total. The van der Waals surface area contributed by atoms with Crippen LogP contribution < -0.4 is 11.1 Å². The van der Waals surface area contributed by atoms with Gasteiger partial charge in [0.25, 0.3) is 0 Å². The van der Waals surface area contributed by atoms with Gasteiger partial charge >= 0.3 is 0 Å². The maximum atomic E-state index is 14.0. The molecule has 4 fully saturated rings. The van der Waals surface area contributed by atoms with Crippen LogP contribution in [0.3, 0.4) is 0 Å². The van der Waals surface area contributed by atoms with Crippen molar-refractivity contribution in [2.24, 2.45) is 29.4 Å². The Hall–Kier alpha value is -1.79. The summed E-state index contributed by atoms with van der Waals surface area (Å²) in [5, 5.41) is 11.2. The molecule has 2 saturated carbocycles. The van der Waals surface area contributed by atoms with Crippen molar-refractivity contribution in [2.75, 3.05) is 19.6 Å². The molecule has 4 aliphatic rings. The van der Waals surface area contributed by atoms with E-state index in [2.05, 4.69) is 12.2 Å². The topological polar surface area (TPSA) is 103 Å². The van der Waals surface area contributed by atoms with Gasteiger partial charge in [-0.25, -0.2) is 0 Å². The first-order chi connectivity index (χ1) is 18.9. The van der Waals surface area contributed by atoms with Gasteiger partial charge in [0.2, 0.25) is 11.8 Å². The normalized spacial score (nSPS) is 31.1. The Bertz CT molecular complexity index is 785. The number of nitrogens with zero attached hydrogens (tertiary/aromatic N) is 2. The molecule has 222 valence electrons. The van der Waals surface area contributed by atoms with Crippen LogP contribution in [0.2, 0.25) is 0 Å². The summed E-state index contributed by atoms with van der Waals surface area (Å²) in [7, 11) is 0. The summed E-state index contributed by atoms with van der Waals surface area (Å²) in [6, 6.07) is -0.0768. The minimum Gasteiger partial charge on any atom is -0.370 e. The van der Waals surface area contributed by atoms with Crippen molar-refractivity contribution in [3.63, 3.8) is 0 Å². The van der Waals surface area contributed by atoms with E-state index < -0.39 is 0 Å². The monoisotopic (exact) mass is 543 g/mol. The van der Waals surface area contributed by atoms with Crippen LogP contribution in [0.4, 0.5) is 0 Å². The maximum absolute atomic E-state index is 14.0. The third-order valence-corrected chi connectivity index (χ3v) is 10.5. The Morgan fingerprint density at radius 2 is 1.31 bits per heavy atom. The summed E-state index contributed by atoms with van der Waals surface area (Å²) in [4.78, 5) is 31.7. The van der Waals surface area contributed by atoms with Crippen LogP contribution in [-0.2, 0) is 9.59 Å². The third-order valence-electron chi connectivity index (χ3n) is 10.5. The van der Waals surface area contributed by atoms with Crippen LogP contribution >= 0.6 is 0 Å². The highest BCUT2D eigenvalue weighted by Crippen LogP contribution is 2.38. The van der Waals surface area contributed by atoms with Crippen LogP contribution in [0.15, 0.2) is 0 Å². The van der Waals surface area contributed by atoms with Crippen LogP contribution in [0, 0.1) is 29.1 Å². The number of nitrogens with one attached hydrogen (secondary N) is 2. The Balaban J connectivity index is 1.44. The molecule has 4 unspecified atom stereocenters. The van der Waals surface area contributed by atoms with Crippen molar-refractivity contribution in [3.05, 3.63) is 0 Å². The fourth-order valence-electron chi connectivity index (χ4n) is 7.94. The fourth-order valence-corrected chi connectivity index (χ4v) is 7.94. The molecule has 0 aromatic heterocycles. The van der Waals surface area contributed by atoms with Crippen LogP contribution in [0.25, 0.3) is 0 Å². The van der Waals surface area contributed by atoms with Gasteiger partial charge in [-0.2, -0.15) is 0 Å². The van der Waals surface area contributed by atoms with E-state index in [1.54, 1.807) is 0 Å². The highest BCUT2D eigenvalue weighted by atomic mass is 16.2. The first-order valence-electron chi connectivity index (χ1n) is 16.6. The summed E-state index contributed by atoms with van der Waals surface area (Å²) >= 11 is 0. The van der Waals surface area contributed by atoms with Gasteiger partial charge in [-0.15, -0.1) is 0 Å². The SMILES string of the molecule is CC1CCCCC(C2CC(C(=O)NC3CCCCCCCCC3)N(C(=O)C3CCN(C(=N)N)CC3)C2)CCC1. The largest absolute Gasteiger partial charge is 0.370 e. The molecule has 0 aromatic carbocycles. The summed E-state index contributed by atoms with van der Waals surface area (Å²) in [6.45, 7) is 4.45. The van der Waals surface area contributed by atoms with Crippen molar-refractivity contribution in [1.82, 2.24) is 15.1 Å². The quantitative estimate of drug-likeness (QED) is 0.307. The second-order valence-electron chi connectivity index (χ2n) is 13.5. The lowest BCUT2D eigenvalue weighted by atomic mass is 9.83. The first kappa shape index (κ1) is 30.2. The lowest BCUT2D eigenvalue weighted by Crippen LogP contribution is -2.52. The molecule has 4 rings (SSSR count). The molecule has 2 amide bonds. The summed E-state index contributed by atoms with van der Waals surface area (Å²) in [5.74, 6) is 2.18. The van der Waals surface area contributed by atoms with Crippen molar-refractivity contribution < 1.29 is 9.59 Å². The average Bonchev–Trinajstić information content (AvgIpc) is 3.41. The lowest BCUT2D eigenvalue weighted by Gasteiger charge is -2.35. The number of carbonyl (C=O) groups excluding carboxylic acids is 2. The molecule has 2 saturated heterocycles. The molecular formula is C32H57N5O2. The number of nitrogens with two attached hydrogens (primary N) is 1. The number of hydrogen-bond donors (Lipinski definition) is 3. The number of carbonyl (C=O) groups is 2. The summed E-state index contributed by atoms with van der Waals surface area (Å²) in [6.07, 6.45) is 22.3. The van der Waals surface area contributed by atoms with Gasteiger partial charge in [-0.1, -0.05) is 96.8 Å². The molecule has 0 spiro atoms. The van der Waals surface area contributed by atoms with Gasteiger partial charge < -0.3 is 20.9 Å². The van der Waals surface area contributed by atoms with E-state index in [9.17, 15) is 9.59 Å². The number of rotatable bonds is 4. The molecule has 7 heteroatoms. The highest BCUT2D eigenvalue weighted by Gasteiger charge is 2.44. The summed E-state index contributed by atoms with van der Waals surface area (Å²) < 4.78 is 0. The number of piperidine rings is 1. The average molecular weight is 544 g/mol. The standard InChI is InChI=1S/C32H57N5O2/c1-24-12-9-10-14-25(15-11-13-24)27-22-29(30(38)35-28-16-7-5-3-2-4-6-8-17-28)37(23-27)31(39)26-18-20-36(21-19-26)32(33)34/h24-29H,2-23H2,1H3,(H3,33,34)(H,35,38). The highest BCUT2D eigenvalue weighted by molar-refractivity contribution is 5.89. The Kier molecular flexibility index (Phi) is 11.8. The number of likely N-dealkylation sites (tertiary alicyclic amines) is 2. The fraction of sp³-hybridized carbons (Fsp3) is 0.906. The first-order valence-corrected chi connectivity index (χ1v) is 16.6. The van der Waals surface area contributed by atoms with Crippen LogP contribution in [0.1, 0.15) is 129 Å². The molecular weight excluding hydrogens is 486 g/mol. The number of amides is 2. The van der Waals surface area contributed by atoms with Gasteiger partial charge in [0.05, 0.1) is 0 Å². The molecule has 4 N–H and O–H groups in total. The van der Waals surface area contributed by atoms with Crippen molar-refractivity contribution in [3.8, 4) is 0 Å². The third kappa shape index (κ3) is 8.85. The molecule has 39 heavy (non-hydrogen) atoms. The van der Waals surface area contributed by atoms with Gasteiger partial charge in [0, 0.05) is 31.6 Å². The van der Waals surface area contributed by atoms with Gasteiger partial charge in [0.1, 0.15) is 6.04 Å². The number of hydrogen-bond acceptors (Lipinski definition) is 3. The van der Waals surface area contributed by atoms with E-state index in [1.807, 2.05) is 9.80 Å².